The second kappa shape index (κ2) is 8.68. The van der Waals surface area contributed by atoms with E-state index in [-0.39, 0.29) is 50.7 Å². The van der Waals surface area contributed by atoms with Crippen LogP contribution in [-0.2, 0) is 0 Å². The largest absolute Gasteiger partial charge is 0.494 e. The van der Waals surface area contributed by atoms with Crippen LogP contribution >= 0.6 is 0 Å². The Morgan fingerprint density at radius 2 is 1.74 bits per heavy atom. The Kier molecular flexibility index (Phi) is 5.72. The van der Waals surface area contributed by atoms with Gasteiger partial charge in [0.25, 0.3) is 5.91 Å². The molecular weight excluding hydrogens is 452 g/mol. The van der Waals surface area contributed by atoms with Crippen LogP contribution < -0.4 is 27.6 Å². The van der Waals surface area contributed by atoms with E-state index in [1.807, 2.05) is 0 Å². The fourth-order valence-electron chi connectivity index (χ4n) is 3.83. The minimum absolute atomic E-state index is 0.00234. The van der Waals surface area contributed by atoms with Crippen LogP contribution in [0.2, 0.25) is 0 Å². The van der Waals surface area contributed by atoms with Gasteiger partial charge >= 0.3 is 0 Å². The van der Waals surface area contributed by atoms with Gasteiger partial charge in [0.15, 0.2) is 6.29 Å². The highest BCUT2D eigenvalue weighted by Gasteiger charge is 2.24. The lowest BCUT2D eigenvalue weighted by atomic mass is 10.0. The Labute approximate surface area is 198 Å². The monoisotopic (exact) mass is 474 g/mol. The van der Waals surface area contributed by atoms with E-state index in [4.69, 9.17) is 22.8 Å². The second-order valence-corrected chi connectivity index (χ2v) is 7.72. The molecule has 35 heavy (non-hydrogen) atoms. The molecule has 4 rings (SSSR count). The lowest BCUT2D eigenvalue weighted by Gasteiger charge is -2.19. The predicted octanol–water partition coefficient (Wildman–Crippen LogP) is 3.24. The molecule has 1 heterocycles. The number of aldehydes is 1. The molecule has 0 aliphatic rings. The van der Waals surface area contributed by atoms with Crippen LogP contribution in [0, 0.1) is 5.53 Å². The summed E-state index contributed by atoms with van der Waals surface area (Å²) < 4.78 is 1.14. The SMILES string of the molecule is CN(C(=O)c1cc2c(O)n(-c3ccc(NN)c(N)c3)c(O)c2cc1C=O)c1ccc(N=N)c(N)c1. The number of rotatable bonds is 6. The van der Waals surface area contributed by atoms with Crippen molar-refractivity contribution in [1.29, 1.82) is 5.53 Å². The summed E-state index contributed by atoms with van der Waals surface area (Å²) in [6.07, 6.45) is 0.491. The molecule has 0 aliphatic carbocycles. The molecule has 12 nitrogen and oxygen atoms in total. The van der Waals surface area contributed by atoms with Crippen molar-refractivity contribution in [2.24, 2.45) is 11.0 Å². The molecule has 1 amide bonds. The van der Waals surface area contributed by atoms with Crippen molar-refractivity contribution in [2.75, 3.05) is 28.8 Å². The zero-order valence-electron chi connectivity index (χ0n) is 18.5. The van der Waals surface area contributed by atoms with Gasteiger partial charge in [-0.15, -0.1) is 0 Å². The number of carbonyl (C=O) groups is 2. The lowest BCUT2D eigenvalue weighted by molar-refractivity contribution is 0.0986. The molecule has 0 atom stereocenters. The van der Waals surface area contributed by atoms with E-state index in [0.29, 0.717) is 23.3 Å². The molecule has 10 N–H and O–H groups in total. The van der Waals surface area contributed by atoms with Crippen LogP contribution in [0.15, 0.2) is 53.6 Å². The number of hydrazine groups is 1. The number of anilines is 4. The van der Waals surface area contributed by atoms with Gasteiger partial charge in [-0.25, -0.2) is 5.53 Å². The number of hydrogen-bond donors (Lipinski definition) is 7. The predicted molar refractivity (Wildman–Crippen MR) is 133 cm³/mol. The Morgan fingerprint density at radius 3 is 2.31 bits per heavy atom. The zero-order chi connectivity index (χ0) is 25.4. The Bertz CT molecular complexity index is 1510. The maximum Gasteiger partial charge on any atom is 0.258 e. The standard InChI is InChI=1S/C23H22N8O4/c1-30(12-2-4-19(28-26)17(24)7-12)21(33)14-9-16-15(6-11(14)10-32)22(34)31(23(16)35)13-3-5-20(29-27)18(25)8-13/h2-10,26,29,34-35H,24-25,27H2,1H3. The Hall–Kier alpha value is -5.10. The average Bonchev–Trinajstić information content (AvgIpc) is 3.10. The summed E-state index contributed by atoms with van der Waals surface area (Å²) in [6.45, 7) is 0. The molecule has 0 spiro atoms. The number of fused-ring (bicyclic) bond motifs is 1. The number of nitrogens with zero attached hydrogens (tertiary/aromatic N) is 3. The summed E-state index contributed by atoms with van der Waals surface area (Å²) in [5, 5.41) is 25.4. The zero-order valence-corrected chi connectivity index (χ0v) is 18.5. The first kappa shape index (κ1) is 23.1. The van der Waals surface area contributed by atoms with Crippen molar-refractivity contribution in [1.82, 2.24) is 4.57 Å². The van der Waals surface area contributed by atoms with Crippen LogP contribution in [-0.4, -0.2) is 34.0 Å². The van der Waals surface area contributed by atoms with Gasteiger partial charge in [0, 0.05) is 29.1 Å². The number of nitrogen functional groups attached to an aromatic ring is 3. The fraction of sp³-hybridized carbons (Fsp3) is 0.0435. The number of carbonyl (C=O) groups excluding carboxylic acids is 2. The van der Waals surface area contributed by atoms with E-state index in [2.05, 4.69) is 10.5 Å². The number of aromatic nitrogens is 1. The van der Waals surface area contributed by atoms with Crippen LogP contribution in [0.3, 0.4) is 0 Å². The molecule has 0 radical (unpaired) electrons. The Morgan fingerprint density at radius 1 is 1.06 bits per heavy atom. The minimum atomic E-state index is -0.557. The first-order chi connectivity index (χ1) is 16.7. The molecule has 0 aliphatic heterocycles. The van der Waals surface area contributed by atoms with Crippen LogP contribution in [0.5, 0.6) is 11.8 Å². The summed E-state index contributed by atoms with van der Waals surface area (Å²) in [4.78, 5) is 26.4. The van der Waals surface area contributed by atoms with Crippen molar-refractivity contribution in [3.63, 3.8) is 0 Å². The summed E-state index contributed by atoms with van der Waals surface area (Å²) in [7, 11) is 1.49. The number of hydrogen-bond acceptors (Lipinski definition) is 10. The van der Waals surface area contributed by atoms with Crippen LogP contribution in [0.4, 0.5) is 28.4 Å². The first-order valence-electron chi connectivity index (χ1n) is 10.2. The van der Waals surface area contributed by atoms with E-state index in [1.54, 1.807) is 18.2 Å². The third kappa shape index (κ3) is 3.73. The molecule has 1 aromatic heterocycles. The maximum atomic E-state index is 13.3. The number of nitrogens with two attached hydrogens (primary N) is 3. The second-order valence-electron chi connectivity index (χ2n) is 7.72. The van der Waals surface area contributed by atoms with E-state index in [9.17, 15) is 19.8 Å². The molecule has 0 saturated heterocycles. The highest BCUT2D eigenvalue weighted by molar-refractivity contribution is 6.13. The average molecular weight is 474 g/mol. The highest BCUT2D eigenvalue weighted by atomic mass is 16.3. The molecule has 12 heteroatoms. The van der Waals surface area contributed by atoms with E-state index in [0.717, 1.165) is 4.57 Å². The van der Waals surface area contributed by atoms with Gasteiger partial charge in [-0.2, -0.15) is 5.11 Å². The summed E-state index contributed by atoms with van der Waals surface area (Å²) >= 11 is 0. The summed E-state index contributed by atoms with van der Waals surface area (Å²) in [6, 6.07) is 11.8. The third-order valence-corrected chi connectivity index (χ3v) is 5.72. The molecule has 3 aromatic carbocycles. The van der Waals surface area contributed by atoms with Crippen molar-refractivity contribution >= 4 is 51.4 Å². The highest BCUT2D eigenvalue weighted by Crippen LogP contribution is 2.41. The molecular formula is C23H22N8O4. The molecule has 0 unspecified atom stereocenters. The number of benzene rings is 3. The van der Waals surface area contributed by atoms with E-state index in [1.165, 1.54) is 42.3 Å². The smallest absolute Gasteiger partial charge is 0.258 e. The van der Waals surface area contributed by atoms with Gasteiger partial charge in [-0.3, -0.25) is 20.0 Å². The van der Waals surface area contributed by atoms with Crippen molar-refractivity contribution < 1.29 is 19.8 Å². The fourth-order valence-corrected chi connectivity index (χ4v) is 3.83. The van der Waals surface area contributed by atoms with E-state index >= 15 is 0 Å². The molecule has 0 bridgehead atoms. The van der Waals surface area contributed by atoms with Gasteiger partial charge in [-0.1, -0.05) is 0 Å². The summed E-state index contributed by atoms with van der Waals surface area (Å²) in [5.74, 6) is 4.14. The minimum Gasteiger partial charge on any atom is -0.494 e. The van der Waals surface area contributed by atoms with Gasteiger partial charge in [0.05, 0.1) is 28.3 Å². The lowest BCUT2D eigenvalue weighted by Crippen LogP contribution is -2.27. The van der Waals surface area contributed by atoms with Crippen molar-refractivity contribution in [3.8, 4) is 17.4 Å². The van der Waals surface area contributed by atoms with Gasteiger partial charge in [0.1, 0.15) is 5.69 Å². The molecule has 178 valence electrons. The molecule has 4 aromatic rings. The Balaban J connectivity index is 1.84. The van der Waals surface area contributed by atoms with E-state index < -0.39 is 5.91 Å². The normalized spacial score (nSPS) is 10.8. The van der Waals surface area contributed by atoms with Gasteiger partial charge < -0.3 is 32.0 Å². The quantitative estimate of drug-likeness (QED) is 0.0723. The maximum absolute atomic E-state index is 13.3. The first-order valence-corrected chi connectivity index (χ1v) is 10.2. The summed E-state index contributed by atoms with van der Waals surface area (Å²) in [5.41, 5.74) is 23.3. The number of aromatic hydroxyl groups is 2. The van der Waals surface area contributed by atoms with Crippen LogP contribution in [0.1, 0.15) is 20.7 Å². The van der Waals surface area contributed by atoms with Gasteiger partial charge in [-0.05, 0) is 48.5 Å². The number of nitrogens with one attached hydrogen (secondary N) is 2. The molecule has 0 fully saturated rings. The van der Waals surface area contributed by atoms with Crippen LogP contribution in [0.25, 0.3) is 16.5 Å². The van der Waals surface area contributed by atoms with Crippen molar-refractivity contribution in [2.45, 2.75) is 0 Å². The third-order valence-electron chi connectivity index (χ3n) is 5.72. The van der Waals surface area contributed by atoms with Crippen molar-refractivity contribution in [3.05, 3.63) is 59.7 Å². The van der Waals surface area contributed by atoms with Gasteiger partial charge in [0.2, 0.25) is 11.8 Å². The topological polar surface area (TPSA) is 209 Å². The number of amides is 1. The molecule has 0 saturated carbocycles.